The van der Waals surface area contributed by atoms with Gasteiger partial charge in [0, 0.05) is 11.8 Å². The van der Waals surface area contributed by atoms with E-state index in [-0.39, 0.29) is 47.7 Å². The summed E-state index contributed by atoms with van der Waals surface area (Å²) in [7, 11) is -3.68. The molecule has 2 aliphatic heterocycles. The third kappa shape index (κ3) is 5.23. The molecule has 3 atom stereocenters. The van der Waals surface area contributed by atoms with Crippen molar-refractivity contribution >= 4 is 15.9 Å². The first-order chi connectivity index (χ1) is 16.0. The van der Waals surface area contributed by atoms with E-state index in [9.17, 15) is 17.6 Å². The molecular weight excluding hydrogens is 469 g/mol. The molecule has 2 aromatic rings. The number of halogens is 1. The molecule has 0 spiro atoms. The van der Waals surface area contributed by atoms with Gasteiger partial charge >= 0.3 is 6.09 Å². The summed E-state index contributed by atoms with van der Waals surface area (Å²) in [6, 6.07) is 3.36. The highest BCUT2D eigenvalue weighted by molar-refractivity contribution is 7.90. The van der Waals surface area contributed by atoms with Gasteiger partial charge in [0.15, 0.2) is 9.84 Å². The second-order valence-corrected chi connectivity index (χ2v) is 10.9. The van der Waals surface area contributed by atoms with Gasteiger partial charge in [0.2, 0.25) is 5.82 Å². The van der Waals surface area contributed by atoms with Crippen LogP contribution in [0.25, 0.3) is 11.4 Å². The van der Waals surface area contributed by atoms with E-state index in [1.54, 1.807) is 11.8 Å². The van der Waals surface area contributed by atoms with Crippen molar-refractivity contribution in [1.82, 2.24) is 15.0 Å². The summed E-state index contributed by atoms with van der Waals surface area (Å²) in [4.78, 5) is 18.2. The zero-order valence-corrected chi connectivity index (χ0v) is 20.2. The van der Waals surface area contributed by atoms with Gasteiger partial charge in [-0.3, -0.25) is 4.90 Å². The SMILES string of the molecule is CC(C)OC(=O)N1C2COCC1CC(O[C@H](C)c1nc(-c3ccc(S(C)(=O)=O)c(F)c3)no1)C2. The maximum absolute atomic E-state index is 14.2. The first-order valence-corrected chi connectivity index (χ1v) is 13.0. The summed E-state index contributed by atoms with van der Waals surface area (Å²) in [5, 5.41) is 3.88. The summed E-state index contributed by atoms with van der Waals surface area (Å²) in [5.41, 5.74) is 0.288. The smallest absolute Gasteiger partial charge is 0.410 e. The average molecular weight is 498 g/mol. The van der Waals surface area contributed by atoms with Crippen molar-refractivity contribution < 1.29 is 36.3 Å². The summed E-state index contributed by atoms with van der Waals surface area (Å²) < 4.78 is 60.0. The van der Waals surface area contributed by atoms with Crippen molar-refractivity contribution in [1.29, 1.82) is 0 Å². The van der Waals surface area contributed by atoms with E-state index in [1.165, 1.54) is 12.1 Å². The van der Waals surface area contributed by atoms with Crippen molar-refractivity contribution in [2.45, 2.75) is 68.9 Å². The van der Waals surface area contributed by atoms with Gasteiger partial charge in [0.05, 0.1) is 37.5 Å². The highest BCUT2D eigenvalue weighted by Crippen LogP contribution is 2.33. The van der Waals surface area contributed by atoms with Crippen LogP contribution in [0.4, 0.5) is 9.18 Å². The van der Waals surface area contributed by atoms with Crippen molar-refractivity contribution in [3.63, 3.8) is 0 Å². The number of rotatable bonds is 6. The average Bonchev–Trinajstić information content (AvgIpc) is 3.22. The molecule has 12 heteroatoms. The second kappa shape index (κ2) is 9.59. The molecular formula is C22H28FN3O7S. The van der Waals surface area contributed by atoms with Crippen molar-refractivity contribution in [2.75, 3.05) is 19.5 Å². The molecule has 10 nitrogen and oxygen atoms in total. The molecule has 3 heterocycles. The third-order valence-electron chi connectivity index (χ3n) is 5.80. The van der Waals surface area contributed by atoms with E-state index in [4.69, 9.17) is 18.7 Å². The number of amides is 1. The van der Waals surface area contributed by atoms with Crippen LogP contribution in [0.5, 0.6) is 0 Å². The molecule has 1 amide bonds. The number of sulfone groups is 1. The number of hydrogen-bond acceptors (Lipinski definition) is 9. The summed E-state index contributed by atoms with van der Waals surface area (Å²) in [6.07, 6.45) is 0.858. The Bertz CT molecular complexity index is 1140. The Hall–Kier alpha value is -2.57. The fourth-order valence-electron chi connectivity index (χ4n) is 4.34. The zero-order chi connectivity index (χ0) is 24.6. The monoisotopic (exact) mass is 497 g/mol. The molecule has 34 heavy (non-hydrogen) atoms. The lowest BCUT2D eigenvalue weighted by molar-refractivity contribution is -0.127. The van der Waals surface area contributed by atoms with Crippen LogP contribution in [0.15, 0.2) is 27.6 Å². The number of ether oxygens (including phenoxy) is 3. The molecule has 2 fully saturated rings. The van der Waals surface area contributed by atoms with Gasteiger partial charge in [0.25, 0.3) is 5.89 Å². The molecule has 2 aliphatic rings. The van der Waals surface area contributed by atoms with Crippen LogP contribution in [-0.2, 0) is 24.0 Å². The highest BCUT2D eigenvalue weighted by atomic mass is 32.2. The molecule has 2 saturated heterocycles. The van der Waals surface area contributed by atoms with Gasteiger partial charge in [-0.05, 0) is 51.8 Å². The molecule has 2 bridgehead atoms. The minimum atomic E-state index is -3.68. The minimum absolute atomic E-state index is 0.126. The molecule has 2 unspecified atom stereocenters. The largest absolute Gasteiger partial charge is 0.447 e. The number of piperidine rings is 1. The Kier molecular flexibility index (Phi) is 6.92. The number of carbonyl (C=O) groups is 1. The second-order valence-electron chi connectivity index (χ2n) is 8.93. The maximum atomic E-state index is 14.2. The lowest BCUT2D eigenvalue weighted by atomic mass is 9.92. The maximum Gasteiger partial charge on any atom is 0.410 e. The molecule has 0 aliphatic carbocycles. The van der Waals surface area contributed by atoms with Crippen LogP contribution in [-0.4, -0.2) is 73.3 Å². The first-order valence-electron chi connectivity index (χ1n) is 11.1. The molecule has 0 radical (unpaired) electrons. The molecule has 0 saturated carbocycles. The van der Waals surface area contributed by atoms with Crippen molar-refractivity contribution in [3.05, 3.63) is 29.9 Å². The fraction of sp³-hybridized carbons (Fsp3) is 0.591. The quantitative estimate of drug-likeness (QED) is 0.592. The van der Waals surface area contributed by atoms with Gasteiger partial charge in [-0.1, -0.05) is 5.16 Å². The minimum Gasteiger partial charge on any atom is -0.447 e. The van der Waals surface area contributed by atoms with Gasteiger partial charge < -0.3 is 18.7 Å². The van der Waals surface area contributed by atoms with Gasteiger partial charge in [0.1, 0.15) is 16.8 Å². The number of nitrogens with zero attached hydrogens (tertiary/aromatic N) is 3. The van der Waals surface area contributed by atoms with Crippen molar-refractivity contribution in [2.24, 2.45) is 0 Å². The molecule has 0 N–H and O–H groups in total. The predicted molar refractivity (Wildman–Crippen MR) is 117 cm³/mol. The molecule has 4 rings (SSSR count). The lowest BCUT2D eigenvalue weighted by Gasteiger charge is -2.47. The molecule has 1 aromatic heterocycles. The molecule has 1 aromatic carbocycles. The fourth-order valence-corrected chi connectivity index (χ4v) is 5.07. The Morgan fingerprint density at radius 2 is 1.88 bits per heavy atom. The highest BCUT2D eigenvalue weighted by Gasteiger charge is 2.43. The van der Waals surface area contributed by atoms with Crippen LogP contribution in [0.3, 0.4) is 0 Å². The lowest BCUT2D eigenvalue weighted by Crippen LogP contribution is -2.60. The first kappa shape index (κ1) is 24.6. The Labute approximate surface area is 197 Å². The third-order valence-corrected chi connectivity index (χ3v) is 6.93. The predicted octanol–water partition coefficient (Wildman–Crippen LogP) is 3.13. The Morgan fingerprint density at radius 1 is 1.21 bits per heavy atom. The van der Waals surface area contributed by atoms with Gasteiger partial charge in [-0.2, -0.15) is 4.98 Å². The molecule has 186 valence electrons. The summed E-state index contributed by atoms with van der Waals surface area (Å²) in [6.45, 7) is 6.23. The number of aromatic nitrogens is 2. The van der Waals surface area contributed by atoms with Crippen molar-refractivity contribution in [3.8, 4) is 11.4 Å². The zero-order valence-electron chi connectivity index (χ0n) is 19.4. The number of benzene rings is 1. The standard InChI is InChI=1S/C22H28FN3O7S/c1-12(2)31-22(27)26-15-8-17(9-16(26)11-30-10-15)32-13(3)21-24-20(25-33-21)14-5-6-19(18(23)7-14)34(4,28)29/h5-7,12-13,15-17H,8-11H2,1-4H3/t13-,15?,16?,17?/m1/s1. The van der Waals surface area contributed by atoms with Gasteiger partial charge in [-0.25, -0.2) is 17.6 Å². The van der Waals surface area contributed by atoms with E-state index >= 15 is 0 Å². The van der Waals surface area contributed by atoms with E-state index in [2.05, 4.69) is 10.1 Å². The Balaban J connectivity index is 1.42. The van der Waals surface area contributed by atoms with Crippen LogP contribution < -0.4 is 0 Å². The number of carbonyl (C=O) groups excluding carboxylic acids is 1. The van der Waals surface area contributed by atoms with E-state index in [1.807, 2.05) is 13.8 Å². The van der Waals surface area contributed by atoms with E-state index < -0.39 is 26.7 Å². The normalized spacial score (nSPS) is 23.7. The van der Waals surface area contributed by atoms with Gasteiger partial charge in [-0.15, -0.1) is 0 Å². The summed E-state index contributed by atoms with van der Waals surface area (Å²) >= 11 is 0. The van der Waals surface area contributed by atoms with Crippen LogP contribution in [0, 0.1) is 5.82 Å². The van der Waals surface area contributed by atoms with E-state index in [0.717, 1.165) is 12.3 Å². The van der Waals surface area contributed by atoms with Crippen LogP contribution in [0.2, 0.25) is 0 Å². The van der Waals surface area contributed by atoms with E-state index in [0.29, 0.717) is 26.1 Å². The number of morpholine rings is 1. The number of fused-ring (bicyclic) bond motifs is 2. The Morgan fingerprint density at radius 3 is 2.47 bits per heavy atom. The van der Waals surface area contributed by atoms with Crippen LogP contribution in [0.1, 0.15) is 45.6 Å². The summed E-state index contributed by atoms with van der Waals surface area (Å²) in [5.74, 6) is -0.543. The van der Waals surface area contributed by atoms with Crippen LogP contribution >= 0.6 is 0 Å². The number of hydrogen-bond donors (Lipinski definition) is 0. The topological polar surface area (TPSA) is 121 Å².